The van der Waals surface area contributed by atoms with E-state index in [9.17, 15) is 0 Å². The molecule has 0 bridgehead atoms. The minimum atomic E-state index is 0. The SMILES string of the molecule is [Br-].[Mg+2].[c-]1ncccn1. The molecular weight excluding hydrogens is 180 g/mol. The zero-order chi connectivity index (χ0) is 4.24. The number of halogens is 1. The van der Waals surface area contributed by atoms with Gasteiger partial charge < -0.3 is 26.9 Å². The van der Waals surface area contributed by atoms with Crippen LogP contribution in [-0.2, 0) is 0 Å². The summed E-state index contributed by atoms with van der Waals surface area (Å²) in [5.41, 5.74) is 0. The molecule has 0 radical (unpaired) electrons. The molecule has 4 heteroatoms. The molecule has 0 aliphatic heterocycles. The van der Waals surface area contributed by atoms with Gasteiger partial charge in [0.15, 0.2) is 0 Å². The summed E-state index contributed by atoms with van der Waals surface area (Å²) < 4.78 is 0. The summed E-state index contributed by atoms with van der Waals surface area (Å²) in [6, 6.07) is 1.75. The first-order valence-corrected chi connectivity index (χ1v) is 1.63. The Hall–Kier alpha value is 0.326. The van der Waals surface area contributed by atoms with E-state index in [2.05, 4.69) is 16.3 Å². The molecule has 2 nitrogen and oxygen atoms in total. The summed E-state index contributed by atoms with van der Waals surface area (Å²) in [7, 11) is 0. The van der Waals surface area contributed by atoms with Gasteiger partial charge in [-0.2, -0.15) is 0 Å². The van der Waals surface area contributed by atoms with Crippen LogP contribution in [0.1, 0.15) is 0 Å². The van der Waals surface area contributed by atoms with Crippen molar-refractivity contribution in [3.63, 3.8) is 0 Å². The second-order valence-electron chi connectivity index (χ2n) is 0.849. The molecule has 1 rings (SSSR count). The van der Waals surface area contributed by atoms with Crippen LogP contribution in [0.4, 0.5) is 0 Å². The van der Waals surface area contributed by atoms with E-state index in [1.807, 2.05) is 0 Å². The minimum Gasteiger partial charge on any atom is -1.00 e. The maximum Gasteiger partial charge on any atom is 2.00 e. The van der Waals surface area contributed by atoms with Gasteiger partial charge in [0.2, 0.25) is 0 Å². The third-order valence-electron chi connectivity index (χ3n) is 0.437. The molecule has 0 aliphatic rings. The molecule has 0 spiro atoms. The van der Waals surface area contributed by atoms with E-state index in [0.717, 1.165) is 0 Å². The van der Waals surface area contributed by atoms with Crippen LogP contribution >= 0.6 is 0 Å². The van der Waals surface area contributed by atoms with Crippen molar-refractivity contribution in [3.05, 3.63) is 24.8 Å². The van der Waals surface area contributed by atoms with Gasteiger partial charge in [-0.05, 0) is 0 Å². The van der Waals surface area contributed by atoms with Crippen molar-refractivity contribution in [1.29, 1.82) is 0 Å². The predicted octanol–water partition coefficient (Wildman–Crippen LogP) is -3.10. The first kappa shape index (κ1) is 11.2. The van der Waals surface area contributed by atoms with Crippen LogP contribution in [0, 0.1) is 6.33 Å². The van der Waals surface area contributed by atoms with Crippen molar-refractivity contribution in [2.24, 2.45) is 0 Å². The van der Waals surface area contributed by atoms with Crippen LogP contribution in [0.3, 0.4) is 0 Å². The fourth-order valence-electron chi connectivity index (χ4n) is 0.225. The van der Waals surface area contributed by atoms with E-state index in [1.54, 1.807) is 18.5 Å². The van der Waals surface area contributed by atoms with Gasteiger partial charge in [0.1, 0.15) is 0 Å². The molecule has 0 saturated carbocycles. The monoisotopic (exact) mass is 182 g/mol. The molecule has 1 heterocycles. The molecule has 1 aromatic heterocycles. The van der Waals surface area contributed by atoms with Gasteiger partial charge in [-0.1, -0.05) is 12.4 Å². The second kappa shape index (κ2) is 7.33. The Morgan fingerprint density at radius 1 is 1.12 bits per heavy atom. The van der Waals surface area contributed by atoms with Crippen molar-refractivity contribution in [3.8, 4) is 0 Å². The standard InChI is InChI=1S/C4H3N2.BrH.Mg/c1-2-5-4-6-3-1;;/h1-3H;1H;/q-1;;+2/p-1. The fourth-order valence-corrected chi connectivity index (χ4v) is 0.225. The van der Waals surface area contributed by atoms with E-state index >= 15 is 0 Å². The van der Waals surface area contributed by atoms with Crippen molar-refractivity contribution in [2.45, 2.75) is 0 Å². The average molecular weight is 183 g/mol. The first-order valence-electron chi connectivity index (χ1n) is 1.63. The van der Waals surface area contributed by atoms with Crippen molar-refractivity contribution < 1.29 is 17.0 Å². The molecule has 38 valence electrons. The van der Waals surface area contributed by atoms with Gasteiger partial charge in [-0.15, -0.1) is 6.07 Å². The minimum absolute atomic E-state index is 0. The van der Waals surface area contributed by atoms with Crippen LogP contribution in [0.15, 0.2) is 18.5 Å². The fraction of sp³-hybridized carbons (Fsp3) is 0. The molecule has 8 heavy (non-hydrogen) atoms. The van der Waals surface area contributed by atoms with Gasteiger partial charge in [0.25, 0.3) is 0 Å². The van der Waals surface area contributed by atoms with E-state index < -0.39 is 0 Å². The predicted molar refractivity (Wildman–Crippen MR) is 26.6 cm³/mol. The molecule has 0 aromatic carbocycles. The summed E-state index contributed by atoms with van der Waals surface area (Å²) in [5, 5.41) is 0. The normalized spacial score (nSPS) is 6.00. The summed E-state index contributed by atoms with van der Waals surface area (Å²) in [6.07, 6.45) is 5.66. The Kier molecular flexibility index (Phi) is 10.2. The molecule has 0 saturated heterocycles. The quantitative estimate of drug-likeness (QED) is 0.314. The topological polar surface area (TPSA) is 25.8 Å². The maximum absolute atomic E-state index is 3.55. The Morgan fingerprint density at radius 3 is 1.75 bits per heavy atom. The van der Waals surface area contributed by atoms with E-state index in [4.69, 9.17) is 0 Å². The summed E-state index contributed by atoms with van der Waals surface area (Å²) >= 11 is 0. The number of aromatic nitrogens is 2. The number of nitrogens with zero attached hydrogens (tertiary/aromatic N) is 2. The zero-order valence-electron chi connectivity index (χ0n) is 4.21. The van der Waals surface area contributed by atoms with E-state index in [-0.39, 0.29) is 40.0 Å². The van der Waals surface area contributed by atoms with Crippen molar-refractivity contribution in [2.75, 3.05) is 0 Å². The molecule has 0 amide bonds. The summed E-state index contributed by atoms with van der Waals surface area (Å²) in [4.78, 5) is 7.10. The molecule has 0 N–H and O–H groups in total. The average Bonchev–Trinajstić information content (AvgIpc) is 1.72. The van der Waals surface area contributed by atoms with Gasteiger partial charge in [-0.3, -0.25) is 0 Å². The third-order valence-corrected chi connectivity index (χ3v) is 0.437. The molecule has 0 atom stereocenters. The van der Waals surface area contributed by atoms with Crippen molar-refractivity contribution >= 4 is 23.1 Å². The third kappa shape index (κ3) is 4.48. The van der Waals surface area contributed by atoms with Gasteiger partial charge in [0, 0.05) is 6.33 Å². The Labute approximate surface area is 74.7 Å². The van der Waals surface area contributed by atoms with Crippen molar-refractivity contribution in [1.82, 2.24) is 9.97 Å². The van der Waals surface area contributed by atoms with Crippen LogP contribution in [0.5, 0.6) is 0 Å². The Bertz CT molecular complexity index is 86.0. The molecule has 0 unspecified atom stereocenters. The van der Waals surface area contributed by atoms with Gasteiger partial charge in [0.05, 0.1) is 0 Å². The summed E-state index contributed by atoms with van der Waals surface area (Å²) in [6.45, 7) is 0. The zero-order valence-corrected chi connectivity index (χ0v) is 7.21. The van der Waals surface area contributed by atoms with Crippen LogP contribution in [0.25, 0.3) is 0 Å². The summed E-state index contributed by atoms with van der Waals surface area (Å²) in [5.74, 6) is 0. The van der Waals surface area contributed by atoms with Crippen LogP contribution in [-0.4, -0.2) is 33.0 Å². The van der Waals surface area contributed by atoms with E-state index in [1.165, 1.54) is 0 Å². The first-order chi connectivity index (χ1) is 3.00. The molecule has 0 aliphatic carbocycles. The molecule has 1 aromatic rings. The Morgan fingerprint density at radius 2 is 1.62 bits per heavy atom. The van der Waals surface area contributed by atoms with E-state index in [0.29, 0.717) is 0 Å². The Balaban J connectivity index is 0. The molecule has 0 fully saturated rings. The smallest absolute Gasteiger partial charge is 1.00 e. The number of hydrogen-bond donors (Lipinski definition) is 0. The number of rotatable bonds is 0. The largest absolute Gasteiger partial charge is 2.00 e. The van der Waals surface area contributed by atoms with Crippen LogP contribution in [0.2, 0.25) is 0 Å². The second-order valence-corrected chi connectivity index (χ2v) is 0.849. The molecular formula is C4H3BrMgN2. The van der Waals surface area contributed by atoms with Gasteiger partial charge in [-0.25, -0.2) is 0 Å². The van der Waals surface area contributed by atoms with Crippen LogP contribution < -0.4 is 17.0 Å². The number of hydrogen-bond acceptors (Lipinski definition) is 2. The van der Waals surface area contributed by atoms with Gasteiger partial charge >= 0.3 is 23.1 Å². The maximum atomic E-state index is 3.55.